The minimum absolute atomic E-state index is 0.0149. The zero-order chi connectivity index (χ0) is 30.6. The van der Waals surface area contributed by atoms with Crippen LogP contribution in [0.1, 0.15) is 47.6 Å². The van der Waals surface area contributed by atoms with Crippen LogP contribution in [0.25, 0.3) is 10.9 Å². The summed E-state index contributed by atoms with van der Waals surface area (Å²) in [6, 6.07) is 21.1. The minimum atomic E-state index is -1.99. The number of aryl methyl sites for hydroxylation is 1. The van der Waals surface area contributed by atoms with Crippen LogP contribution in [-0.2, 0) is 16.9 Å². The minimum Gasteiger partial charge on any atom is -0.479 e. The molecule has 4 rings (SSSR count). The lowest BCUT2D eigenvalue weighted by Gasteiger charge is -2.44. The molecule has 9 heteroatoms. The number of aromatic nitrogens is 2. The zero-order valence-corrected chi connectivity index (χ0v) is 25.4. The van der Waals surface area contributed by atoms with E-state index in [1.807, 2.05) is 68.4 Å². The number of benzene rings is 3. The largest absolute Gasteiger partial charge is 0.479 e. The van der Waals surface area contributed by atoms with Gasteiger partial charge in [-0.05, 0) is 75.8 Å². The van der Waals surface area contributed by atoms with Crippen molar-refractivity contribution < 1.29 is 14.7 Å². The standard InChI is InChI=1S/C33H37ClN4O4/c1-22(2)33(32(41)42,38(19-9-18-36(4)5)29(39)25-14-12-23(3)13-15-25)31-35-28-20-26(34)16-17-27(28)30(40)37(31)21-24-10-7-6-8-11-24/h6-8,10-17,20,22H,9,18-19,21H2,1-5H3,(H,41,42). The lowest BCUT2D eigenvalue weighted by Crippen LogP contribution is -2.60. The van der Waals surface area contributed by atoms with E-state index < -0.39 is 28.9 Å². The van der Waals surface area contributed by atoms with E-state index in [9.17, 15) is 19.5 Å². The maximum Gasteiger partial charge on any atom is 0.337 e. The zero-order valence-electron chi connectivity index (χ0n) is 24.7. The Bertz CT molecular complexity index is 1630. The number of nitrogens with zero attached hydrogens (tertiary/aromatic N) is 4. The van der Waals surface area contributed by atoms with Crippen molar-refractivity contribution in [2.45, 2.75) is 39.3 Å². The van der Waals surface area contributed by atoms with Crippen LogP contribution in [0, 0.1) is 12.8 Å². The van der Waals surface area contributed by atoms with E-state index in [1.54, 1.807) is 44.2 Å². The van der Waals surface area contributed by atoms with Gasteiger partial charge in [-0.25, -0.2) is 9.78 Å². The van der Waals surface area contributed by atoms with Crippen LogP contribution in [0.3, 0.4) is 0 Å². The summed E-state index contributed by atoms with van der Waals surface area (Å²) in [5.74, 6) is -2.40. The molecule has 0 aliphatic rings. The van der Waals surface area contributed by atoms with Crippen LogP contribution in [0.4, 0.5) is 0 Å². The number of hydrogen-bond donors (Lipinski definition) is 1. The van der Waals surface area contributed by atoms with Crippen molar-refractivity contribution in [1.82, 2.24) is 19.4 Å². The van der Waals surface area contributed by atoms with Crippen molar-refractivity contribution in [3.05, 3.63) is 111 Å². The smallest absolute Gasteiger partial charge is 0.337 e. The van der Waals surface area contributed by atoms with Gasteiger partial charge in [-0.1, -0.05) is 73.5 Å². The molecule has 1 amide bonds. The van der Waals surface area contributed by atoms with E-state index in [1.165, 1.54) is 9.47 Å². The number of aliphatic carboxylic acids is 1. The number of hydrogen-bond acceptors (Lipinski definition) is 5. The summed E-state index contributed by atoms with van der Waals surface area (Å²) in [5.41, 5.74) is 0.00922. The fraction of sp³-hybridized carbons (Fsp3) is 0.333. The number of amides is 1. The number of carbonyl (C=O) groups excluding carboxylic acids is 1. The summed E-state index contributed by atoms with van der Waals surface area (Å²) in [6.07, 6.45) is 0.509. The van der Waals surface area contributed by atoms with Gasteiger partial charge in [-0.15, -0.1) is 0 Å². The number of carboxylic acid groups (broad SMARTS) is 1. The summed E-state index contributed by atoms with van der Waals surface area (Å²) in [4.78, 5) is 50.4. The van der Waals surface area contributed by atoms with E-state index in [0.29, 0.717) is 28.9 Å². The highest BCUT2D eigenvalue weighted by Gasteiger charge is 2.54. The molecule has 0 fully saturated rings. The Labute approximate surface area is 251 Å². The lowest BCUT2D eigenvalue weighted by atomic mass is 9.82. The summed E-state index contributed by atoms with van der Waals surface area (Å²) in [5, 5.41) is 11.9. The van der Waals surface area contributed by atoms with Gasteiger partial charge in [0.15, 0.2) is 5.82 Å². The van der Waals surface area contributed by atoms with Crippen LogP contribution in [0.2, 0.25) is 5.02 Å². The van der Waals surface area contributed by atoms with Gasteiger partial charge < -0.3 is 14.9 Å². The Balaban J connectivity index is 2.07. The third-order valence-electron chi connectivity index (χ3n) is 7.56. The molecule has 1 N–H and O–H groups in total. The van der Waals surface area contributed by atoms with E-state index >= 15 is 0 Å². The molecule has 0 aliphatic heterocycles. The van der Waals surface area contributed by atoms with E-state index in [-0.39, 0.29) is 24.4 Å². The maximum absolute atomic E-state index is 14.3. The van der Waals surface area contributed by atoms with Gasteiger partial charge in [-0.3, -0.25) is 14.2 Å². The van der Waals surface area contributed by atoms with Crippen LogP contribution < -0.4 is 5.56 Å². The predicted octanol–water partition coefficient (Wildman–Crippen LogP) is 5.44. The van der Waals surface area contributed by atoms with Gasteiger partial charge in [0, 0.05) is 17.1 Å². The average molecular weight is 589 g/mol. The molecule has 0 saturated carbocycles. The highest BCUT2D eigenvalue weighted by Crippen LogP contribution is 2.38. The summed E-state index contributed by atoms with van der Waals surface area (Å²) < 4.78 is 1.40. The second-order valence-electron chi connectivity index (χ2n) is 11.2. The number of carboxylic acids is 1. The van der Waals surface area contributed by atoms with Crippen molar-refractivity contribution in [2.24, 2.45) is 5.92 Å². The molecule has 220 valence electrons. The van der Waals surface area contributed by atoms with Crippen LogP contribution in [0.15, 0.2) is 77.6 Å². The molecule has 1 atom stereocenters. The van der Waals surface area contributed by atoms with Crippen molar-refractivity contribution in [3.8, 4) is 0 Å². The van der Waals surface area contributed by atoms with Crippen LogP contribution in [-0.4, -0.2) is 63.5 Å². The van der Waals surface area contributed by atoms with Crippen molar-refractivity contribution >= 4 is 34.4 Å². The van der Waals surface area contributed by atoms with Gasteiger partial charge in [0.25, 0.3) is 11.5 Å². The topological polar surface area (TPSA) is 95.7 Å². The van der Waals surface area contributed by atoms with Gasteiger partial charge in [0.2, 0.25) is 5.54 Å². The first-order chi connectivity index (χ1) is 20.0. The van der Waals surface area contributed by atoms with Gasteiger partial charge in [0.1, 0.15) is 0 Å². The Hall–Kier alpha value is -4.01. The lowest BCUT2D eigenvalue weighted by molar-refractivity contribution is -0.155. The Morgan fingerprint density at radius 1 is 1.00 bits per heavy atom. The van der Waals surface area contributed by atoms with Crippen LogP contribution in [0.5, 0.6) is 0 Å². The highest BCUT2D eigenvalue weighted by molar-refractivity contribution is 6.31. The Morgan fingerprint density at radius 2 is 1.67 bits per heavy atom. The third-order valence-corrected chi connectivity index (χ3v) is 7.79. The molecule has 1 heterocycles. The molecular formula is C33H37ClN4O4. The van der Waals surface area contributed by atoms with Gasteiger partial charge >= 0.3 is 5.97 Å². The fourth-order valence-corrected chi connectivity index (χ4v) is 5.55. The molecule has 1 aromatic heterocycles. The molecule has 4 aromatic rings. The predicted molar refractivity (Wildman–Crippen MR) is 166 cm³/mol. The fourth-order valence-electron chi connectivity index (χ4n) is 5.38. The van der Waals surface area contributed by atoms with Crippen molar-refractivity contribution in [1.29, 1.82) is 0 Å². The molecule has 42 heavy (non-hydrogen) atoms. The number of carbonyl (C=O) groups is 2. The molecule has 0 bridgehead atoms. The Morgan fingerprint density at radius 3 is 2.26 bits per heavy atom. The summed E-state index contributed by atoms with van der Waals surface area (Å²) in [6.45, 7) is 6.25. The second-order valence-corrected chi connectivity index (χ2v) is 11.6. The first kappa shape index (κ1) is 30.9. The number of rotatable bonds is 11. The molecule has 0 aliphatic carbocycles. The van der Waals surface area contributed by atoms with Crippen LogP contribution >= 0.6 is 11.6 Å². The normalized spacial score (nSPS) is 13.0. The summed E-state index contributed by atoms with van der Waals surface area (Å²) >= 11 is 6.30. The van der Waals surface area contributed by atoms with Gasteiger partial charge in [0.05, 0.1) is 17.4 Å². The van der Waals surface area contributed by atoms with Crippen molar-refractivity contribution in [2.75, 3.05) is 27.2 Å². The molecule has 1 unspecified atom stereocenters. The first-order valence-corrected chi connectivity index (χ1v) is 14.4. The van der Waals surface area contributed by atoms with E-state index in [2.05, 4.69) is 0 Å². The van der Waals surface area contributed by atoms with E-state index in [0.717, 1.165) is 11.1 Å². The molecule has 8 nitrogen and oxygen atoms in total. The maximum atomic E-state index is 14.3. The van der Waals surface area contributed by atoms with Gasteiger partial charge in [-0.2, -0.15) is 0 Å². The van der Waals surface area contributed by atoms with Crippen molar-refractivity contribution in [3.63, 3.8) is 0 Å². The summed E-state index contributed by atoms with van der Waals surface area (Å²) in [7, 11) is 3.84. The number of fused-ring (bicyclic) bond motifs is 1. The molecule has 0 spiro atoms. The first-order valence-electron chi connectivity index (χ1n) is 14.0. The molecule has 0 radical (unpaired) electrons. The number of halogens is 1. The van der Waals surface area contributed by atoms with E-state index in [4.69, 9.17) is 16.6 Å². The Kier molecular flexibility index (Phi) is 9.49. The molecule has 0 saturated heterocycles. The SMILES string of the molecule is Cc1ccc(C(=O)N(CCCN(C)C)C(C(=O)O)(c2nc3cc(Cl)ccc3c(=O)n2Cc2ccccc2)C(C)C)cc1. The third kappa shape index (κ3) is 6.10. The molecular weight excluding hydrogens is 552 g/mol. The quantitative estimate of drug-likeness (QED) is 0.251. The average Bonchev–Trinajstić information content (AvgIpc) is 2.94. The highest BCUT2D eigenvalue weighted by atomic mass is 35.5. The monoisotopic (exact) mass is 588 g/mol. The molecule has 3 aromatic carbocycles. The second kappa shape index (κ2) is 12.9.